The summed E-state index contributed by atoms with van der Waals surface area (Å²) in [5.41, 5.74) is 0. The van der Waals surface area contributed by atoms with Crippen molar-refractivity contribution in [2.24, 2.45) is 0 Å². The summed E-state index contributed by atoms with van der Waals surface area (Å²) in [7, 11) is 1.58. The Kier molecular flexibility index (Phi) is 3.28. The van der Waals surface area contributed by atoms with Crippen molar-refractivity contribution in [3.63, 3.8) is 0 Å². The molecule has 1 aromatic rings. The first-order valence-corrected chi connectivity index (χ1v) is 4.99. The van der Waals surface area contributed by atoms with E-state index in [1.165, 1.54) is 0 Å². The van der Waals surface area contributed by atoms with Crippen LogP contribution in [-0.2, 0) is 4.74 Å². The van der Waals surface area contributed by atoms with Crippen molar-refractivity contribution in [3.05, 3.63) is 24.3 Å². The number of benzene rings is 1. The lowest BCUT2D eigenvalue weighted by molar-refractivity contribution is -0.0934. The molecule has 2 rings (SSSR count). The van der Waals surface area contributed by atoms with E-state index in [1.54, 1.807) is 31.4 Å². The first-order valence-electron chi connectivity index (χ1n) is 4.99. The molecule has 5 heteroatoms. The van der Waals surface area contributed by atoms with E-state index in [1.807, 2.05) is 0 Å². The molecule has 1 aromatic carbocycles. The zero-order valence-corrected chi connectivity index (χ0v) is 8.87. The molecule has 1 aliphatic heterocycles. The Morgan fingerprint density at radius 3 is 2.31 bits per heavy atom. The van der Waals surface area contributed by atoms with Crippen LogP contribution in [0.3, 0.4) is 0 Å². The summed E-state index contributed by atoms with van der Waals surface area (Å²) in [6.07, 6.45) is -2.71. The average molecular weight is 226 g/mol. The highest BCUT2D eigenvalue weighted by Crippen LogP contribution is 2.22. The predicted octanol–water partition coefficient (Wildman–Crippen LogP) is 0.152. The van der Waals surface area contributed by atoms with E-state index in [0.717, 1.165) is 5.75 Å². The van der Waals surface area contributed by atoms with Crippen LogP contribution >= 0.6 is 0 Å². The number of rotatable bonds is 3. The van der Waals surface area contributed by atoms with Gasteiger partial charge in [-0.25, -0.2) is 0 Å². The summed E-state index contributed by atoms with van der Waals surface area (Å²) in [4.78, 5) is 0. The van der Waals surface area contributed by atoms with E-state index in [2.05, 4.69) is 0 Å². The summed E-state index contributed by atoms with van der Waals surface area (Å²) in [6.45, 7) is 0.0853. The van der Waals surface area contributed by atoms with E-state index in [9.17, 15) is 10.2 Å². The third-order valence-electron chi connectivity index (χ3n) is 2.42. The summed E-state index contributed by atoms with van der Waals surface area (Å²) >= 11 is 0. The van der Waals surface area contributed by atoms with Gasteiger partial charge in [-0.15, -0.1) is 0 Å². The lowest BCUT2D eigenvalue weighted by atomic mass is 10.2. The van der Waals surface area contributed by atoms with Crippen LogP contribution in [0, 0.1) is 0 Å². The monoisotopic (exact) mass is 226 g/mol. The highest BCUT2D eigenvalue weighted by molar-refractivity contribution is 5.31. The highest BCUT2D eigenvalue weighted by Gasteiger charge is 2.36. The van der Waals surface area contributed by atoms with E-state index >= 15 is 0 Å². The van der Waals surface area contributed by atoms with E-state index in [0.29, 0.717) is 5.75 Å². The van der Waals surface area contributed by atoms with Gasteiger partial charge >= 0.3 is 0 Å². The van der Waals surface area contributed by atoms with Crippen molar-refractivity contribution in [3.8, 4) is 11.5 Å². The van der Waals surface area contributed by atoms with Gasteiger partial charge in [-0.1, -0.05) is 0 Å². The van der Waals surface area contributed by atoms with Gasteiger partial charge in [0.1, 0.15) is 23.7 Å². The van der Waals surface area contributed by atoms with Gasteiger partial charge in [0.25, 0.3) is 0 Å². The minimum absolute atomic E-state index is 0.0853. The minimum atomic E-state index is -1.01. The molecule has 0 radical (unpaired) electrons. The van der Waals surface area contributed by atoms with E-state index < -0.39 is 18.5 Å². The molecule has 0 saturated carbocycles. The Labute approximate surface area is 93.2 Å². The molecule has 1 saturated heterocycles. The number of methoxy groups -OCH3 is 1. The Morgan fingerprint density at radius 1 is 1.19 bits per heavy atom. The van der Waals surface area contributed by atoms with Crippen LogP contribution in [0.15, 0.2) is 24.3 Å². The van der Waals surface area contributed by atoms with Crippen molar-refractivity contribution in [1.29, 1.82) is 0 Å². The van der Waals surface area contributed by atoms with Crippen LogP contribution in [0.5, 0.6) is 11.5 Å². The Hall–Kier alpha value is -1.30. The molecule has 1 aliphatic rings. The minimum Gasteiger partial charge on any atom is -0.497 e. The van der Waals surface area contributed by atoms with Gasteiger partial charge in [0.05, 0.1) is 13.7 Å². The molecule has 5 nitrogen and oxygen atoms in total. The smallest absolute Gasteiger partial charge is 0.228 e. The molecule has 0 amide bonds. The summed E-state index contributed by atoms with van der Waals surface area (Å²) in [5.74, 6) is 1.28. The van der Waals surface area contributed by atoms with Crippen LogP contribution in [0.25, 0.3) is 0 Å². The summed E-state index contributed by atoms with van der Waals surface area (Å²) in [6, 6.07) is 6.90. The van der Waals surface area contributed by atoms with Crippen LogP contribution in [0.4, 0.5) is 0 Å². The number of ether oxygens (including phenoxy) is 3. The molecule has 3 atom stereocenters. The van der Waals surface area contributed by atoms with Crippen LogP contribution in [-0.4, -0.2) is 42.4 Å². The summed E-state index contributed by atoms with van der Waals surface area (Å²) < 4.78 is 15.5. The maximum Gasteiger partial charge on any atom is 0.228 e. The van der Waals surface area contributed by atoms with Crippen LogP contribution in [0.1, 0.15) is 0 Å². The molecule has 1 heterocycles. The molecule has 1 fully saturated rings. The molecule has 0 spiro atoms. The Morgan fingerprint density at radius 2 is 1.81 bits per heavy atom. The SMILES string of the molecule is COc1ccc(O[C@@H]2OCC(O)[C@H]2O)cc1. The van der Waals surface area contributed by atoms with E-state index in [4.69, 9.17) is 14.2 Å². The predicted molar refractivity (Wildman–Crippen MR) is 55.4 cm³/mol. The molecular formula is C11H14O5. The van der Waals surface area contributed by atoms with Crippen LogP contribution in [0.2, 0.25) is 0 Å². The number of hydrogen-bond donors (Lipinski definition) is 2. The van der Waals surface area contributed by atoms with Crippen molar-refractivity contribution in [1.82, 2.24) is 0 Å². The van der Waals surface area contributed by atoms with Gasteiger partial charge in [0.2, 0.25) is 6.29 Å². The number of aliphatic hydroxyl groups excluding tert-OH is 2. The second-order valence-electron chi connectivity index (χ2n) is 3.55. The van der Waals surface area contributed by atoms with Gasteiger partial charge in [0.15, 0.2) is 0 Å². The molecule has 0 aliphatic carbocycles. The van der Waals surface area contributed by atoms with Gasteiger partial charge in [-0.3, -0.25) is 0 Å². The fraction of sp³-hybridized carbons (Fsp3) is 0.455. The third kappa shape index (κ3) is 2.27. The molecule has 2 N–H and O–H groups in total. The maximum atomic E-state index is 9.49. The van der Waals surface area contributed by atoms with Crippen molar-refractivity contribution < 1.29 is 24.4 Å². The van der Waals surface area contributed by atoms with Gasteiger partial charge in [-0.2, -0.15) is 0 Å². The summed E-state index contributed by atoms with van der Waals surface area (Å²) in [5, 5.41) is 18.7. The largest absolute Gasteiger partial charge is 0.497 e. The third-order valence-corrected chi connectivity index (χ3v) is 2.42. The molecule has 1 unspecified atom stereocenters. The van der Waals surface area contributed by atoms with Crippen molar-refractivity contribution in [2.45, 2.75) is 18.5 Å². The second kappa shape index (κ2) is 4.69. The molecule has 0 bridgehead atoms. The fourth-order valence-electron chi connectivity index (χ4n) is 1.46. The molecule has 88 valence electrons. The standard InChI is InChI=1S/C11H14O5/c1-14-7-2-4-8(5-3-7)16-11-10(13)9(12)6-15-11/h2-5,9-13H,6H2,1H3/t9?,10-,11+/m1/s1. The number of hydrogen-bond acceptors (Lipinski definition) is 5. The van der Waals surface area contributed by atoms with Crippen LogP contribution < -0.4 is 9.47 Å². The highest BCUT2D eigenvalue weighted by atomic mass is 16.7. The second-order valence-corrected chi connectivity index (χ2v) is 3.55. The zero-order valence-electron chi connectivity index (χ0n) is 8.87. The maximum absolute atomic E-state index is 9.49. The topological polar surface area (TPSA) is 68.2 Å². The normalized spacial score (nSPS) is 29.1. The molecule has 0 aromatic heterocycles. The first kappa shape index (κ1) is 11.2. The van der Waals surface area contributed by atoms with Gasteiger partial charge < -0.3 is 24.4 Å². The average Bonchev–Trinajstić information content (AvgIpc) is 2.62. The van der Waals surface area contributed by atoms with Crippen molar-refractivity contribution >= 4 is 0 Å². The Bertz CT molecular complexity index is 337. The van der Waals surface area contributed by atoms with E-state index in [-0.39, 0.29) is 6.61 Å². The first-order chi connectivity index (χ1) is 7.70. The fourth-order valence-corrected chi connectivity index (χ4v) is 1.46. The number of aliphatic hydroxyl groups is 2. The van der Waals surface area contributed by atoms with Gasteiger partial charge in [-0.05, 0) is 24.3 Å². The zero-order chi connectivity index (χ0) is 11.5. The Balaban J connectivity index is 1.98. The molecular weight excluding hydrogens is 212 g/mol. The van der Waals surface area contributed by atoms with Gasteiger partial charge in [0, 0.05) is 0 Å². The van der Waals surface area contributed by atoms with Crippen molar-refractivity contribution in [2.75, 3.05) is 13.7 Å². The quantitative estimate of drug-likeness (QED) is 0.768. The lowest BCUT2D eigenvalue weighted by Crippen LogP contribution is -2.33. The lowest BCUT2D eigenvalue weighted by Gasteiger charge is -2.16. The molecule has 16 heavy (non-hydrogen) atoms.